The van der Waals surface area contributed by atoms with Crippen molar-refractivity contribution < 1.29 is 28.9 Å². The number of rotatable bonds is 4. The number of aliphatic carboxylic acids is 1. The Hall–Kier alpha value is -2.70. The summed E-state index contributed by atoms with van der Waals surface area (Å²) in [6.45, 7) is 0.353. The summed E-state index contributed by atoms with van der Waals surface area (Å²) in [5.41, 5.74) is 0.617. The van der Waals surface area contributed by atoms with Crippen LogP contribution in [0.4, 0.5) is 4.79 Å². The smallest absolute Gasteiger partial charge is 0.417 e. The van der Waals surface area contributed by atoms with E-state index in [0.29, 0.717) is 50.3 Å². The van der Waals surface area contributed by atoms with Crippen LogP contribution in [-0.2, 0) is 19.0 Å². The Balaban J connectivity index is 1.38. The predicted molar refractivity (Wildman–Crippen MR) is 94.9 cm³/mol. The number of carbonyl (C=O) groups is 2. The van der Waals surface area contributed by atoms with Crippen LogP contribution < -0.4 is 0 Å². The highest BCUT2D eigenvalue weighted by Gasteiger charge is 2.50. The molecule has 0 aromatic carbocycles. The third-order valence-corrected chi connectivity index (χ3v) is 5.59. The Morgan fingerprint density at radius 1 is 1.30 bits per heavy atom. The van der Waals surface area contributed by atoms with Gasteiger partial charge in [0.25, 0.3) is 0 Å². The molecule has 1 saturated carbocycles. The number of carbonyl (C=O) groups excluding carboxylic acids is 1. The maximum absolute atomic E-state index is 12.4. The third-order valence-electron chi connectivity index (χ3n) is 5.59. The molecule has 0 bridgehead atoms. The Morgan fingerprint density at radius 2 is 2.11 bits per heavy atom. The van der Waals surface area contributed by atoms with Gasteiger partial charge in [-0.3, -0.25) is 4.79 Å². The van der Waals surface area contributed by atoms with E-state index in [-0.39, 0.29) is 5.92 Å². The topological polar surface area (TPSA) is 85.3 Å². The minimum absolute atomic E-state index is 0.321. The Kier molecular flexibility index (Phi) is 4.68. The van der Waals surface area contributed by atoms with Crippen LogP contribution in [-0.4, -0.2) is 34.2 Å². The van der Waals surface area contributed by atoms with Gasteiger partial charge in [-0.2, -0.15) is 0 Å². The summed E-state index contributed by atoms with van der Waals surface area (Å²) in [5.74, 6) is -0.164. The zero-order valence-electron chi connectivity index (χ0n) is 15.1. The average Bonchev–Trinajstić information content (AvgIpc) is 2.99. The summed E-state index contributed by atoms with van der Waals surface area (Å²) >= 11 is 0. The molecule has 1 N–H and O–H groups in total. The maximum Gasteiger partial charge on any atom is 0.417 e. The molecule has 2 heterocycles. The van der Waals surface area contributed by atoms with Gasteiger partial charge in [-0.05, 0) is 38.5 Å². The van der Waals surface area contributed by atoms with Crippen molar-refractivity contribution in [3.63, 3.8) is 0 Å². The Morgan fingerprint density at radius 3 is 2.81 bits per heavy atom. The summed E-state index contributed by atoms with van der Waals surface area (Å²) < 4.78 is 16.9. The number of allylic oxidation sites excluding steroid dienone is 4. The molecule has 4 rings (SSSR count). The molecule has 7 nitrogen and oxygen atoms in total. The normalized spacial score (nSPS) is 30.1. The number of nitrogens with zero attached hydrogens (tertiary/aromatic N) is 1. The fourth-order valence-corrected chi connectivity index (χ4v) is 4.01. The molecule has 2 aliphatic heterocycles. The first kappa shape index (κ1) is 17.7. The molecule has 1 amide bonds. The highest BCUT2D eigenvalue weighted by molar-refractivity contribution is 5.73. The lowest BCUT2D eigenvalue weighted by molar-refractivity contribution is -0.144. The molecule has 4 aliphatic rings. The minimum Gasteiger partial charge on any atom is -0.481 e. The second kappa shape index (κ2) is 7.13. The van der Waals surface area contributed by atoms with Gasteiger partial charge in [0.2, 0.25) is 5.88 Å². The van der Waals surface area contributed by atoms with Crippen LogP contribution in [0.25, 0.3) is 0 Å². The molecule has 27 heavy (non-hydrogen) atoms. The highest BCUT2D eigenvalue weighted by atomic mass is 16.6. The van der Waals surface area contributed by atoms with E-state index in [9.17, 15) is 9.59 Å². The SMILES string of the molecule is O=C(O)C1CCC2(CC1)CN(C1=COC=C(CC3=CC=CCC3)O1)C(=O)O2. The number of carboxylic acids is 1. The summed E-state index contributed by atoms with van der Waals surface area (Å²) in [5, 5.41) is 9.16. The van der Waals surface area contributed by atoms with Crippen molar-refractivity contribution in [2.24, 2.45) is 5.92 Å². The molecule has 0 aromatic heterocycles. The first-order valence-corrected chi connectivity index (χ1v) is 9.35. The van der Waals surface area contributed by atoms with Crippen LogP contribution in [0.5, 0.6) is 0 Å². The van der Waals surface area contributed by atoms with Crippen molar-refractivity contribution in [2.45, 2.75) is 50.5 Å². The molecule has 1 saturated heterocycles. The van der Waals surface area contributed by atoms with Crippen LogP contribution in [0.1, 0.15) is 44.9 Å². The Bertz CT molecular complexity index is 754. The van der Waals surface area contributed by atoms with Crippen molar-refractivity contribution in [1.29, 1.82) is 0 Å². The molecule has 144 valence electrons. The first-order chi connectivity index (χ1) is 13.0. The van der Waals surface area contributed by atoms with E-state index in [2.05, 4.69) is 12.2 Å². The standard InChI is InChI=1S/C20H23NO6/c22-18(23)15-6-8-20(9-7-15)13-21(19(24)27-20)17-12-25-11-16(26-17)10-14-4-2-1-3-5-14/h1-2,4,11-12,15H,3,5-10,13H2,(H,22,23). The van der Waals surface area contributed by atoms with Crippen molar-refractivity contribution in [3.05, 3.63) is 48.0 Å². The van der Waals surface area contributed by atoms with E-state index in [0.717, 1.165) is 12.8 Å². The van der Waals surface area contributed by atoms with Crippen LogP contribution in [0.2, 0.25) is 0 Å². The van der Waals surface area contributed by atoms with Gasteiger partial charge < -0.3 is 19.3 Å². The molecule has 0 radical (unpaired) electrons. The van der Waals surface area contributed by atoms with Gasteiger partial charge in [-0.15, -0.1) is 0 Å². The monoisotopic (exact) mass is 373 g/mol. The van der Waals surface area contributed by atoms with E-state index >= 15 is 0 Å². The molecule has 7 heteroatoms. The van der Waals surface area contributed by atoms with Gasteiger partial charge in [0.1, 0.15) is 17.6 Å². The van der Waals surface area contributed by atoms with E-state index in [4.69, 9.17) is 19.3 Å². The number of hydrogen-bond donors (Lipinski definition) is 1. The van der Waals surface area contributed by atoms with Crippen molar-refractivity contribution in [1.82, 2.24) is 4.90 Å². The molecule has 2 fully saturated rings. The molecule has 0 unspecified atom stereocenters. The first-order valence-electron chi connectivity index (χ1n) is 9.35. The van der Waals surface area contributed by atoms with Crippen molar-refractivity contribution in [2.75, 3.05) is 6.54 Å². The van der Waals surface area contributed by atoms with Crippen molar-refractivity contribution in [3.8, 4) is 0 Å². The van der Waals surface area contributed by atoms with E-state index in [1.54, 1.807) is 6.26 Å². The lowest BCUT2D eigenvalue weighted by Crippen LogP contribution is -2.40. The highest BCUT2D eigenvalue weighted by Crippen LogP contribution is 2.41. The summed E-state index contributed by atoms with van der Waals surface area (Å²) in [6.07, 6.45) is 13.5. The lowest BCUT2D eigenvalue weighted by Gasteiger charge is -2.33. The van der Waals surface area contributed by atoms with Gasteiger partial charge in [-0.1, -0.05) is 23.8 Å². The van der Waals surface area contributed by atoms with Gasteiger partial charge in [-0.25, -0.2) is 9.69 Å². The van der Waals surface area contributed by atoms with E-state index in [1.165, 1.54) is 16.7 Å². The molecular weight excluding hydrogens is 350 g/mol. The average molecular weight is 373 g/mol. The molecule has 0 aromatic rings. The predicted octanol–water partition coefficient (Wildman–Crippen LogP) is 3.81. The summed E-state index contributed by atoms with van der Waals surface area (Å²) in [6, 6.07) is 0. The quantitative estimate of drug-likeness (QED) is 0.807. The fraction of sp³-hybridized carbons (Fsp3) is 0.500. The number of hydrogen-bond acceptors (Lipinski definition) is 5. The zero-order chi connectivity index (χ0) is 18.9. The zero-order valence-corrected chi connectivity index (χ0v) is 15.1. The van der Waals surface area contributed by atoms with Gasteiger partial charge in [0.05, 0.1) is 12.5 Å². The van der Waals surface area contributed by atoms with Crippen LogP contribution >= 0.6 is 0 Å². The molecule has 2 aliphatic carbocycles. The van der Waals surface area contributed by atoms with Crippen LogP contribution in [0.3, 0.4) is 0 Å². The van der Waals surface area contributed by atoms with Gasteiger partial charge in [0, 0.05) is 6.42 Å². The molecule has 1 spiro atoms. The Labute approximate surface area is 157 Å². The molecular formula is C20H23NO6. The van der Waals surface area contributed by atoms with Crippen LogP contribution in [0, 0.1) is 5.92 Å². The lowest BCUT2D eigenvalue weighted by atomic mass is 9.79. The number of ether oxygens (including phenoxy) is 3. The second-order valence-electron chi connectivity index (χ2n) is 7.50. The van der Waals surface area contributed by atoms with E-state index in [1.807, 2.05) is 6.08 Å². The largest absolute Gasteiger partial charge is 0.481 e. The van der Waals surface area contributed by atoms with E-state index < -0.39 is 17.7 Å². The summed E-state index contributed by atoms with van der Waals surface area (Å²) in [4.78, 5) is 25.0. The summed E-state index contributed by atoms with van der Waals surface area (Å²) in [7, 11) is 0. The second-order valence-corrected chi connectivity index (χ2v) is 7.50. The number of carboxylic acid groups (broad SMARTS) is 1. The van der Waals surface area contributed by atoms with Gasteiger partial charge in [0.15, 0.2) is 6.26 Å². The molecule has 0 atom stereocenters. The fourth-order valence-electron chi connectivity index (χ4n) is 4.01. The maximum atomic E-state index is 12.4. The minimum atomic E-state index is -0.778. The van der Waals surface area contributed by atoms with Gasteiger partial charge >= 0.3 is 12.1 Å². The number of amides is 1. The van der Waals surface area contributed by atoms with Crippen molar-refractivity contribution >= 4 is 12.1 Å². The van der Waals surface area contributed by atoms with Crippen LogP contribution in [0.15, 0.2) is 48.0 Å². The third kappa shape index (κ3) is 3.72.